The lowest BCUT2D eigenvalue weighted by molar-refractivity contribution is -0.137. The fourth-order valence-corrected chi connectivity index (χ4v) is 2.27. The van der Waals surface area contributed by atoms with Gasteiger partial charge in [-0.05, 0) is 36.8 Å². The molecule has 0 fully saturated rings. The zero-order valence-electron chi connectivity index (χ0n) is 13.7. The first-order chi connectivity index (χ1) is 12.1. The average Bonchev–Trinajstić information content (AvgIpc) is 2.55. The van der Waals surface area contributed by atoms with E-state index < -0.39 is 29.2 Å². The molecule has 1 heterocycles. The van der Waals surface area contributed by atoms with Gasteiger partial charge in [-0.2, -0.15) is 18.3 Å². The van der Waals surface area contributed by atoms with Crippen LogP contribution in [0.3, 0.4) is 0 Å². The van der Waals surface area contributed by atoms with E-state index in [1.54, 1.807) is 0 Å². The molecule has 0 saturated heterocycles. The summed E-state index contributed by atoms with van der Waals surface area (Å²) >= 11 is 0. The van der Waals surface area contributed by atoms with E-state index in [2.05, 4.69) is 10.4 Å². The summed E-state index contributed by atoms with van der Waals surface area (Å²) in [6.45, 7) is 1.08. The molecular weight excluding hydrogens is 353 g/mol. The first-order valence-corrected chi connectivity index (χ1v) is 7.59. The van der Waals surface area contributed by atoms with Crippen LogP contribution in [0, 0.1) is 0 Å². The van der Waals surface area contributed by atoms with E-state index in [0.29, 0.717) is 0 Å². The van der Waals surface area contributed by atoms with Gasteiger partial charge in [-0.15, -0.1) is 0 Å². The lowest BCUT2D eigenvalue weighted by Gasteiger charge is -2.17. The van der Waals surface area contributed by atoms with Crippen molar-refractivity contribution in [3.05, 3.63) is 57.5 Å². The number of aromatic nitrogens is 2. The number of benzene rings is 1. The predicted octanol–water partition coefficient (Wildman–Crippen LogP) is 1.33. The Morgan fingerprint density at radius 2 is 2.04 bits per heavy atom. The van der Waals surface area contributed by atoms with E-state index in [0.717, 1.165) is 22.9 Å². The van der Waals surface area contributed by atoms with Gasteiger partial charge in [0, 0.05) is 11.8 Å². The first-order valence-electron chi connectivity index (χ1n) is 7.59. The third-order valence-electron chi connectivity index (χ3n) is 3.56. The highest BCUT2D eigenvalue weighted by Crippen LogP contribution is 2.32. The van der Waals surface area contributed by atoms with Gasteiger partial charge in [0.1, 0.15) is 5.69 Å². The maximum atomic E-state index is 12.9. The second-order valence-electron chi connectivity index (χ2n) is 5.58. The standard InChI is InChI=1S/C16H17F3N4O3/c1-9(10-6-11(16(17,18)19)8-12(20)7-10)21-15(26)13-2-3-14(25)23(22-13)4-5-24/h2-3,6-9,24H,4-5,20H2,1H3,(H,21,26)/t9-/m1/s1. The van der Waals surface area contributed by atoms with E-state index in [1.165, 1.54) is 19.1 Å². The third kappa shape index (κ3) is 4.60. The van der Waals surface area contributed by atoms with Crippen molar-refractivity contribution in [2.45, 2.75) is 25.7 Å². The predicted molar refractivity (Wildman–Crippen MR) is 87.3 cm³/mol. The van der Waals surface area contributed by atoms with Crippen LogP contribution in [-0.4, -0.2) is 27.4 Å². The van der Waals surface area contributed by atoms with Crippen LogP contribution >= 0.6 is 0 Å². The summed E-state index contributed by atoms with van der Waals surface area (Å²) in [4.78, 5) is 23.8. The summed E-state index contributed by atoms with van der Waals surface area (Å²) in [6.07, 6.45) is -4.56. The van der Waals surface area contributed by atoms with Crippen LogP contribution in [0.4, 0.5) is 18.9 Å². The highest BCUT2D eigenvalue weighted by Gasteiger charge is 2.31. The maximum absolute atomic E-state index is 12.9. The number of alkyl halides is 3. The van der Waals surface area contributed by atoms with Gasteiger partial charge in [0.2, 0.25) is 0 Å². The first kappa shape index (κ1) is 19.4. The number of rotatable bonds is 5. The molecule has 2 rings (SSSR count). The van der Waals surface area contributed by atoms with Crippen molar-refractivity contribution in [3.63, 3.8) is 0 Å². The largest absolute Gasteiger partial charge is 0.416 e. The Balaban J connectivity index is 2.23. The molecule has 0 unspecified atom stereocenters. The normalized spacial score (nSPS) is 12.7. The minimum Gasteiger partial charge on any atom is -0.399 e. The minimum atomic E-state index is -4.56. The van der Waals surface area contributed by atoms with Gasteiger partial charge in [-0.1, -0.05) is 0 Å². The number of anilines is 1. The number of aliphatic hydroxyl groups excluding tert-OH is 1. The van der Waals surface area contributed by atoms with Crippen LogP contribution in [0.1, 0.15) is 34.6 Å². The molecule has 0 aliphatic carbocycles. The molecule has 1 aromatic heterocycles. The minimum absolute atomic E-state index is 0.0782. The second-order valence-corrected chi connectivity index (χ2v) is 5.58. The molecule has 1 atom stereocenters. The fraction of sp³-hybridized carbons (Fsp3) is 0.312. The Morgan fingerprint density at radius 3 is 2.65 bits per heavy atom. The van der Waals surface area contributed by atoms with Crippen LogP contribution < -0.4 is 16.6 Å². The van der Waals surface area contributed by atoms with Gasteiger partial charge in [0.25, 0.3) is 11.5 Å². The molecule has 2 aromatic rings. The molecular formula is C16H17F3N4O3. The van der Waals surface area contributed by atoms with Gasteiger partial charge in [0.05, 0.1) is 24.8 Å². The lowest BCUT2D eigenvalue weighted by Crippen LogP contribution is -2.31. The zero-order valence-corrected chi connectivity index (χ0v) is 13.7. The van der Waals surface area contributed by atoms with Crippen LogP contribution in [-0.2, 0) is 12.7 Å². The summed E-state index contributed by atoms with van der Waals surface area (Å²) in [5.74, 6) is -0.680. The third-order valence-corrected chi connectivity index (χ3v) is 3.56. The van der Waals surface area contributed by atoms with Crippen molar-refractivity contribution in [1.82, 2.24) is 15.1 Å². The summed E-state index contributed by atoms with van der Waals surface area (Å²) in [7, 11) is 0. The molecule has 0 saturated carbocycles. The van der Waals surface area contributed by atoms with E-state index in [1.807, 2.05) is 0 Å². The van der Waals surface area contributed by atoms with Crippen molar-refractivity contribution in [2.24, 2.45) is 0 Å². The van der Waals surface area contributed by atoms with Crippen LogP contribution in [0.2, 0.25) is 0 Å². The molecule has 10 heteroatoms. The van der Waals surface area contributed by atoms with Crippen molar-refractivity contribution in [2.75, 3.05) is 12.3 Å². The number of hydrogen-bond acceptors (Lipinski definition) is 5. The Kier molecular flexibility index (Phi) is 5.66. The molecule has 4 N–H and O–H groups in total. The van der Waals surface area contributed by atoms with Gasteiger partial charge in [-0.25, -0.2) is 4.68 Å². The smallest absolute Gasteiger partial charge is 0.399 e. The van der Waals surface area contributed by atoms with Gasteiger partial charge >= 0.3 is 6.18 Å². The molecule has 7 nitrogen and oxygen atoms in total. The SMILES string of the molecule is C[C@@H](NC(=O)c1ccc(=O)n(CCO)n1)c1cc(N)cc(C(F)(F)F)c1. The second kappa shape index (κ2) is 7.56. The Hall–Kier alpha value is -2.88. The number of hydrogen-bond donors (Lipinski definition) is 3. The summed E-state index contributed by atoms with van der Waals surface area (Å²) in [5, 5.41) is 15.2. The molecule has 1 amide bonds. The molecule has 0 bridgehead atoms. The quantitative estimate of drug-likeness (QED) is 0.688. The Bertz CT molecular complexity index is 865. The highest BCUT2D eigenvalue weighted by atomic mass is 19.4. The van der Waals surface area contributed by atoms with Crippen LogP contribution in [0.15, 0.2) is 35.1 Å². The van der Waals surface area contributed by atoms with Gasteiger partial charge in [0.15, 0.2) is 0 Å². The molecule has 0 spiro atoms. The lowest BCUT2D eigenvalue weighted by atomic mass is 10.0. The zero-order chi connectivity index (χ0) is 19.5. The van der Waals surface area contributed by atoms with E-state index in [4.69, 9.17) is 10.8 Å². The topological polar surface area (TPSA) is 110 Å². The number of halogens is 3. The van der Waals surface area contributed by atoms with Crippen LogP contribution in [0.25, 0.3) is 0 Å². The number of carbonyl (C=O) groups is 1. The maximum Gasteiger partial charge on any atom is 0.416 e. The molecule has 0 aliphatic heterocycles. The van der Waals surface area contributed by atoms with Crippen molar-refractivity contribution >= 4 is 11.6 Å². The average molecular weight is 370 g/mol. The monoisotopic (exact) mass is 370 g/mol. The molecule has 0 aliphatic rings. The van der Waals surface area contributed by atoms with Crippen molar-refractivity contribution in [1.29, 1.82) is 0 Å². The highest BCUT2D eigenvalue weighted by molar-refractivity contribution is 5.92. The van der Waals surface area contributed by atoms with Gasteiger partial charge in [-0.3, -0.25) is 9.59 Å². The molecule has 26 heavy (non-hydrogen) atoms. The summed E-state index contributed by atoms with van der Waals surface area (Å²) < 4.78 is 39.6. The van der Waals surface area contributed by atoms with Gasteiger partial charge < -0.3 is 16.2 Å². The number of carbonyl (C=O) groups excluding carboxylic acids is 1. The molecule has 0 radical (unpaired) electrons. The number of nitrogens with zero attached hydrogens (tertiary/aromatic N) is 2. The summed E-state index contributed by atoms with van der Waals surface area (Å²) in [5.41, 5.74) is 4.10. The number of nitrogen functional groups attached to an aromatic ring is 1. The Morgan fingerprint density at radius 1 is 1.35 bits per heavy atom. The van der Waals surface area contributed by atoms with Crippen LogP contribution in [0.5, 0.6) is 0 Å². The number of aliphatic hydroxyl groups is 1. The molecule has 1 aromatic carbocycles. The van der Waals surface area contributed by atoms with E-state index >= 15 is 0 Å². The van der Waals surface area contributed by atoms with E-state index in [9.17, 15) is 22.8 Å². The van der Waals surface area contributed by atoms with Crippen molar-refractivity contribution < 1.29 is 23.1 Å². The van der Waals surface area contributed by atoms with E-state index in [-0.39, 0.29) is 30.1 Å². The summed E-state index contributed by atoms with van der Waals surface area (Å²) in [6, 6.07) is 4.57. The number of nitrogens with two attached hydrogens (primary N) is 1. The Labute approximate surface area is 146 Å². The fourth-order valence-electron chi connectivity index (χ4n) is 2.27. The molecule has 140 valence electrons. The van der Waals surface area contributed by atoms with Crippen molar-refractivity contribution in [3.8, 4) is 0 Å². The number of amides is 1. The number of nitrogens with one attached hydrogen (secondary N) is 1.